The van der Waals surface area contributed by atoms with Crippen LogP contribution in [0.2, 0.25) is 10.0 Å². The number of rotatable bonds is 8. The Morgan fingerprint density at radius 2 is 1.76 bits per heavy atom. The molecule has 1 amide bonds. The van der Waals surface area contributed by atoms with E-state index in [9.17, 15) is 4.79 Å². The number of carbonyl (C=O) groups excluding carboxylic acids is 1. The number of hydrogen-bond acceptors (Lipinski definition) is 2. The molecular weight excluding hydrogens is 355 g/mol. The molecule has 0 bridgehead atoms. The number of unbranched alkanes of at least 4 members (excludes halogenated alkanes) is 1. The molecular formula is C20H24Cl2N2O. The summed E-state index contributed by atoms with van der Waals surface area (Å²) in [5.74, 6) is -0.0686. The Kier molecular flexibility index (Phi) is 7.76. The second kappa shape index (κ2) is 9.81. The van der Waals surface area contributed by atoms with E-state index in [1.807, 2.05) is 24.3 Å². The number of nitrogens with one attached hydrogen (secondary N) is 1. The van der Waals surface area contributed by atoms with Gasteiger partial charge in [-0.15, -0.1) is 0 Å². The standard InChI is InChI=1S/C20H24Cl2N2O/c1-2-3-4-19(23)20(25)24-12-11-14-5-7-15(8-6-14)16-9-10-17(21)18(22)13-16/h5-10,13,19H,2-4,11-12,23H2,1H3,(H,24,25)/t19-/m0/s1. The first kappa shape index (κ1) is 19.8. The number of benzene rings is 2. The number of amides is 1. The SMILES string of the molecule is CCCC[C@H](N)C(=O)NCCc1ccc(-c2ccc(Cl)c(Cl)c2)cc1. The van der Waals surface area contributed by atoms with Crippen LogP contribution in [0.1, 0.15) is 31.7 Å². The van der Waals surface area contributed by atoms with E-state index in [1.165, 1.54) is 0 Å². The van der Waals surface area contributed by atoms with Crippen LogP contribution in [-0.2, 0) is 11.2 Å². The fraction of sp³-hybridized carbons (Fsp3) is 0.350. The highest BCUT2D eigenvalue weighted by atomic mass is 35.5. The summed E-state index contributed by atoms with van der Waals surface area (Å²) in [7, 11) is 0. The lowest BCUT2D eigenvalue weighted by atomic mass is 10.0. The minimum absolute atomic E-state index is 0.0686. The first-order chi connectivity index (χ1) is 12.0. The molecule has 25 heavy (non-hydrogen) atoms. The van der Waals surface area contributed by atoms with Gasteiger partial charge in [-0.05, 0) is 41.7 Å². The van der Waals surface area contributed by atoms with Crippen molar-refractivity contribution >= 4 is 29.1 Å². The molecule has 0 saturated heterocycles. The minimum Gasteiger partial charge on any atom is -0.354 e. The lowest BCUT2D eigenvalue weighted by molar-refractivity contribution is -0.122. The average molecular weight is 379 g/mol. The molecule has 0 fully saturated rings. The van der Waals surface area contributed by atoms with Gasteiger partial charge in [0.2, 0.25) is 5.91 Å². The summed E-state index contributed by atoms with van der Waals surface area (Å²) in [6.45, 7) is 2.68. The fourth-order valence-electron chi connectivity index (χ4n) is 2.56. The lowest BCUT2D eigenvalue weighted by Gasteiger charge is -2.12. The Balaban J connectivity index is 1.86. The van der Waals surface area contributed by atoms with Gasteiger partial charge in [-0.3, -0.25) is 4.79 Å². The monoisotopic (exact) mass is 378 g/mol. The van der Waals surface area contributed by atoms with Crippen molar-refractivity contribution in [2.24, 2.45) is 5.73 Å². The third kappa shape index (κ3) is 6.03. The van der Waals surface area contributed by atoms with E-state index in [0.29, 0.717) is 16.6 Å². The Bertz CT molecular complexity index is 701. The molecule has 0 saturated carbocycles. The van der Waals surface area contributed by atoms with E-state index in [4.69, 9.17) is 28.9 Å². The molecule has 2 aromatic rings. The highest BCUT2D eigenvalue weighted by Crippen LogP contribution is 2.28. The van der Waals surface area contributed by atoms with Crippen LogP contribution in [0.4, 0.5) is 0 Å². The van der Waals surface area contributed by atoms with Crippen LogP contribution in [0, 0.1) is 0 Å². The van der Waals surface area contributed by atoms with Crippen molar-refractivity contribution in [3.63, 3.8) is 0 Å². The highest BCUT2D eigenvalue weighted by Gasteiger charge is 2.11. The molecule has 0 aliphatic rings. The van der Waals surface area contributed by atoms with Gasteiger partial charge in [0.15, 0.2) is 0 Å². The summed E-state index contributed by atoms with van der Waals surface area (Å²) >= 11 is 12.0. The van der Waals surface area contributed by atoms with Crippen LogP contribution in [-0.4, -0.2) is 18.5 Å². The van der Waals surface area contributed by atoms with Crippen molar-refractivity contribution in [2.75, 3.05) is 6.54 Å². The van der Waals surface area contributed by atoms with Gasteiger partial charge < -0.3 is 11.1 Å². The zero-order valence-electron chi connectivity index (χ0n) is 14.4. The number of hydrogen-bond donors (Lipinski definition) is 2. The van der Waals surface area contributed by atoms with Gasteiger partial charge in [0.1, 0.15) is 0 Å². The van der Waals surface area contributed by atoms with E-state index in [0.717, 1.165) is 42.4 Å². The van der Waals surface area contributed by atoms with Gasteiger partial charge >= 0.3 is 0 Å². The van der Waals surface area contributed by atoms with Crippen molar-refractivity contribution in [2.45, 2.75) is 38.6 Å². The van der Waals surface area contributed by atoms with Crippen LogP contribution >= 0.6 is 23.2 Å². The van der Waals surface area contributed by atoms with Gasteiger partial charge in [-0.25, -0.2) is 0 Å². The molecule has 2 rings (SSSR count). The van der Waals surface area contributed by atoms with Crippen molar-refractivity contribution in [1.29, 1.82) is 0 Å². The Morgan fingerprint density at radius 3 is 2.40 bits per heavy atom. The molecule has 0 aliphatic heterocycles. The number of halogens is 2. The molecule has 5 heteroatoms. The molecule has 1 atom stereocenters. The van der Waals surface area contributed by atoms with Crippen LogP contribution in [0.5, 0.6) is 0 Å². The lowest BCUT2D eigenvalue weighted by Crippen LogP contribution is -2.41. The fourth-order valence-corrected chi connectivity index (χ4v) is 2.85. The molecule has 0 unspecified atom stereocenters. The summed E-state index contributed by atoms with van der Waals surface area (Å²) in [6, 6.07) is 13.4. The predicted molar refractivity (Wildman–Crippen MR) is 106 cm³/mol. The van der Waals surface area contributed by atoms with E-state index in [1.54, 1.807) is 6.07 Å². The third-order valence-corrected chi connectivity index (χ3v) is 4.86. The maximum absolute atomic E-state index is 11.9. The summed E-state index contributed by atoms with van der Waals surface area (Å²) in [5.41, 5.74) is 9.12. The smallest absolute Gasteiger partial charge is 0.236 e. The van der Waals surface area contributed by atoms with E-state index >= 15 is 0 Å². The Hall–Kier alpha value is -1.55. The Labute approximate surface area is 159 Å². The van der Waals surface area contributed by atoms with E-state index in [-0.39, 0.29) is 5.91 Å². The average Bonchev–Trinajstić information content (AvgIpc) is 2.62. The first-order valence-corrected chi connectivity index (χ1v) is 9.34. The van der Waals surface area contributed by atoms with Crippen molar-refractivity contribution < 1.29 is 4.79 Å². The number of nitrogens with two attached hydrogens (primary N) is 1. The molecule has 0 heterocycles. The first-order valence-electron chi connectivity index (χ1n) is 8.59. The molecule has 3 nitrogen and oxygen atoms in total. The maximum atomic E-state index is 11.9. The zero-order valence-corrected chi connectivity index (χ0v) is 15.9. The van der Waals surface area contributed by atoms with Crippen LogP contribution < -0.4 is 11.1 Å². The van der Waals surface area contributed by atoms with E-state index < -0.39 is 6.04 Å². The summed E-state index contributed by atoms with van der Waals surface area (Å²) < 4.78 is 0. The second-order valence-corrected chi connectivity index (χ2v) is 6.93. The quantitative estimate of drug-likeness (QED) is 0.690. The molecule has 0 radical (unpaired) electrons. The molecule has 0 aliphatic carbocycles. The second-order valence-electron chi connectivity index (χ2n) is 6.12. The largest absolute Gasteiger partial charge is 0.354 e. The summed E-state index contributed by atoms with van der Waals surface area (Å²) in [6.07, 6.45) is 3.53. The molecule has 2 aromatic carbocycles. The molecule has 134 valence electrons. The zero-order chi connectivity index (χ0) is 18.2. The summed E-state index contributed by atoms with van der Waals surface area (Å²) in [5, 5.41) is 4.00. The van der Waals surface area contributed by atoms with Gasteiger partial charge in [0.25, 0.3) is 0 Å². The van der Waals surface area contributed by atoms with Gasteiger partial charge in [0, 0.05) is 6.54 Å². The summed E-state index contributed by atoms with van der Waals surface area (Å²) in [4.78, 5) is 11.9. The normalized spacial score (nSPS) is 12.0. The van der Waals surface area contributed by atoms with E-state index in [2.05, 4.69) is 24.4 Å². The van der Waals surface area contributed by atoms with Gasteiger partial charge in [-0.1, -0.05) is 73.3 Å². The van der Waals surface area contributed by atoms with Crippen LogP contribution in [0.15, 0.2) is 42.5 Å². The topological polar surface area (TPSA) is 55.1 Å². The predicted octanol–water partition coefficient (Wildman–Crippen LogP) is 4.84. The highest BCUT2D eigenvalue weighted by molar-refractivity contribution is 6.42. The minimum atomic E-state index is -0.406. The molecule has 0 spiro atoms. The van der Waals surface area contributed by atoms with Gasteiger partial charge in [0.05, 0.1) is 16.1 Å². The van der Waals surface area contributed by atoms with Crippen LogP contribution in [0.25, 0.3) is 11.1 Å². The van der Waals surface area contributed by atoms with Crippen molar-refractivity contribution in [3.05, 3.63) is 58.1 Å². The molecule has 3 N–H and O–H groups in total. The Morgan fingerprint density at radius 1 is 1.08 bits per heavy atom. The number of carbonyl (C=O) groups is 1. The van der Waals surface area contributed by atoms with Crippen molar-refractivity contribution in [3.8, 4) is 11.1 Å². The van der Waals surface area contributed by atoms with Gasteiger partial charge in [-0.2, -0.15) is 0 Å². The van der Waals surface area contributed by atoms with Crippen molar-refractivity contribution in [1.82, 2.24) is 5.32 Å². The maximum Gasteiger partial charge on any atom is 0.236 e. The third-order valence-electron chi connectivity index (χ3n) is 4.13. The van der Waals surface area contributed by atoms with Crippen LogP contribution in [0.3, 0.4) is 0 Å². The molecule has 0 aromatic heterocycles.